The molecule has 0 bridgehead atoms. The van der Waals surface area contributed by atoms with Gasteiger partial charge < -0.3 is 14.8 Å². The smallest absolute Gasteiger partial charge is 0.122 e. The summed E-state index contributed by atoms with van der Waals surface area (Å²) in [6.45, 7) is 7.32. The Morgan fingerprint density at radius 3 is 2.82 bits per heavy atom. The van der Waals surface area contributed by atoms with Crippen molar-refractivity contribution in [1.82, 2.24) is 9.88 Å². The van der Waals surface area contributed by atoms with Crippen molar-refractivity contribution in [3.8, 4) is 5.75 Å². The molecule has 1 aliphatic heterocycles. The van der Waals surface area contributed by atoms with Gasteiger partial charge in [-0.3, -0.25) is 4.90 Å². The van der Waals surface area contributed by atoms with E-state index in [9.17, 15) is 5.11 Å². The third-order valence-electron chi connectivity index (χ3n) is 5.86. The maximum absolute atomic E-state index is 11.1. The highest BCUT2D eigenvalue weighted by molar-refractivity contribution is 5.79. The highest BCUT2D eigenvalue weighted by atomic mass is 16.5. The molecule has 28 heavy (non-hydrogen) atoms. The first-order valence-corrected chi connectivity index (χ1v) is 10.2. The minimum Gasteiger partial charge on any atom is -0.490 e. The molecule has 1 fully saturated rings. The summed E-state index contributed by atoms with van der Waals surface area (Å²) in [5, 5.41) is 12.4. The highest BCUT2D eigenvalue weighted by Crippen LogP contribution is 2.27. The van der Waals surface area contributed by atoms with Crippen LogP contribution in [0.25, 0.3) is 10.9 Å². The molecular weight excluding hydrogens is 348 g/mol. The summed E-state index contributed by atoms with van der Waals surface area (Å²) in [6.07, 6.45) is 4.49. The largest absolute Gasteiger partial charge is 0.490 e. The number of fused-ring (bicyclic) bond motifs is 1. The standard InChI is InChI=1S/C24H30N2O2/c1-18-4-7-23(19(2)14-18)28-17-24(27)9-3-12-26(13-10-24)16-20-5-6-22-21(15-20)8-11-25-22/h4-8,11,14-15,25,27H,3,9-10,12-13,16-17H2,1-2H3. The van der Waals surface area contributed by atoms with Crippen LogP contribution in [-0.4, -0.2) is 40.3 Å². The third kappa shape index (κ3) is 4.40. The Hall–Kier alpha value is -2.30. The topological polar surface area (TPSA) is 48.5 Å². The quantitative estimate of drug-likeness (QED) is 0.683. The fourth-order valence-electron chi connectivity index (χ4n) is 4.17. The van der Waals surface area contributed by atoms with Crippen LogP contribution in [0.1, 0.15) is 36.0 Å². The summed E-state index contributed by atoms with van der Waals surface area (Å²) < 4.78 is 6.01. The minimum atomic E-state index is -0.753. The van der Waals surface area contributed by atoms with E-state index in [1.807, 2.05) is 12.3 Å². The van der Waals surface area contributed by atoms with E-state index in [1.165, 1.54) is 22.0 Å². The van der Waals surface area contributed by atoms with Crippen molar-refractivity contribution >= 4 is 10.9 Å². The SMILES string of the molecule is Cc1ccc(OCC2(O)CCCN(Cc3ccc4[nH]ccc4c3)CC2)c(C)c1. The first-order valence-electron chi connectivity index (χ1n) is 10.2. The average molecular weight is 379 g/mol. The first-order chi connectivity index (χ1) is 13.5. The van der Waals surface area contributed by atoms with Crippen molar-refractivity contribution in [1.29, 1.82) is 0 Å². The van der Waals surface area contributed by atoms with Gasteiger partial charge in [0.05, 0.1) is 5.60 Å². The lowest BCUT2D eigenvalue weighted by Crippen LogP contribution is -2.37. The summed E-state index contributed by atoms with van der Waals surface area (Å²) in [5.74, 6) is 0.875. The number of nitrogens with zero attached hydrogens (tertiary/aromatic N) is 1. The number of nitrogens with one attached hydrogen (secondary N) is 1. The lowest BCUT2D eigenvalue weighted by atomic mass is 9.96. The van der Waals surface area contributed by atoms with Crippen molar-refractivity contribution < 1.29 is 9.84 Å². The molecule has 1 atom stereocenters. The van der Waals surface area contributed by atoms with E-state index < -0.39 is 5.60 Å². The second-order valence-corrected chi connectivity index (χ2v) is 8.31. The maximum atomic E-state index is 11.1. The second-order valence-electron chi connectivity index (χ2n) is 8.31. The molecule has 1 saturated heterocycles. The zero-order valence-electron chi connectivity index (χ0n) is 16.9. The van der Waals surface area contributed by atoms with E-state index in [4.69, 9.17) is 4.74 Å². The van der Waals surface area contributed by atoms with Crippen molar-refractivity contribution in [2.75, 3.05) is 19.7 Å². The number of aliphatic hydroxyl groups is 1. The van der Waals surface area contributed by atoms with E-state index in [0.717, 1.165) is 50.2 Å². The number of benzene rings is 2. The molecule has 148 valence electrons. The summed E-state index contributed by atoms with van der Waals surface area (Å²) >= 11 is 0. The fourth-order valence-corrected chi connectivity index (χ4v) is 4.17. The van der Waals surface area contributed by atoms with Crippen molar-refractivity contribution in [2.24, 2.45) is 0 Å². The summed E-state index contributed by atoms with van der Waals surface area (Å²) in [6, 6.07) is 14.9. The molecule has 1 unspecified atom stereocenters. The second kappa shape index (κ2) is 7.98. The number of ether oxygens (including phenoxy) is 1. The van der Waals surface area contributed by atoms with Crippen LogP contribution in [0.5, 0.6) is 5.75 Å². The van der Waals surface area contributed by atoms with Crippen LogP contribution in [-0.2, 0) is 6.54 Å². The molecule has 4 nitrogen and oxygen atoms in total. The van der Waals surface area contributed by atoms with Gasteiger partial charge in [0.1, 0.15) is 12.4 Å². The van der Waals surface area contributed by atoms with Gasteiger partial charge in [-0.1, -0.05) is 23.8 Å². The molecule has 1 aromatic heterocycles. The van der Waals surface area contributed by atoms with E-state index in [2.05, 4.69) is 60.1 Å². The third-order valence-corrected chi connectivity index (χ3v) is 5.86. The Bertz CT molecular complexity index is 949. The molecule has 0 aliphatic carbocycles. The van der Waals surface area contributed by atoms with Gasteiger partial charge in [-0.2, -0.15) is 0 Å². The van der Waals surface area contributed by atoms with Crippen LogP contribution >= 0.6 is 0 Å². The Morgan fingerprint density at radius 1 is 1.07 bits per heavy atom. The van der Waals surface area contributed by atoms with E-state index in [-0.39, 0.29) is 0 Å². The molecule has 3 aromatic rings. The van der Waals surface area contributed by atoms with E-state index in [0.29, 0.717) is 6.61 Å². The van der Waals surface area contributed by atoms with Gasteiger partial charge in [0.15, 0.2) is 0 Å². The molecule has 2 heterocycles. The molecule has 2 N–H and O–H groups in total. The van der Waals surface area contributed by atoms with E-state index >= 15 is 0 Å². The van der Waals surface area contributed by atoms with Crippen LogP contribution in [0.3, 0.4) is 0 Å². The van der Waals surface area contributed by atoms with Crippen molar-refractivity contribution in [2.45, 2.75) is 45.3 Å². The molecule has 4 rings (SSSR count). The highest BCUT2D eigenvalue weighted by Gasteiger charge is 2.31. The Labute approximate surface area is 167 Å². The average Bonchev–Trinajstić information content (AvgIpc) is 3.05. The van der Waals surface area contributed by atoms with Gasteiger partial charge in [-0.15, -0.1) is 0 Å². The monoisotopic (exact) mass is 378 g/mol. The predicted octanol–water partition coefficient (Wildman–Crippen LogP) is 4.58. The number of rotatable bonds is 5. The zero-order chi connectivity index (χ0) is 19.6. The molecular formula is C24H30N2O2. The van der Waals surface area contributed by atoms with Crippen molar-refractivity contribution in [3.05, 3.63) is 65.4 Å². The van der Waals surface area contributed by atoms with Gasteiger partial charge in [-0.25, -0.2) is 0 Å². The first kappa shape index (κ1) is 19.0. The number of aryl methyl sites for hydroxylation is 2. The number of hydrogen-bond acceptors (Lipinski definition) is 3. The number of aromatic amines is 1. The normalized spacial score (nSPS) is 21.0. The van der Waals surface area contributed by atoms with Crippen LogP contribution in [0.15, 0.2) is 48.7 Å². The Kier molecular flexibility index (Phi) is 5.42. The molecule has 2 aromatic carbocycles. The molecule has 0 saturated carbocycles. The summed E-state index contributed by atoms with van der Waals surface area (Å²) in [7, 11) is 0. The van der Waals surface area contributed by atoms with Crippen LogP contribution in [0, 0.1) is 13.8 Å². The van der Waals surface area contributed by atoms with Crippen LogP contribution in [0.4, 0.5) is 0 Å². The number of hydrogen-bond donors (Lipinski definition) is 2. The lowest BCUT2D eigenvalue weighted by Gasteiger charge is -2.27. The van der Waals surface area contributed by atoms with Gasteiger partial charge in [0.2, 0.25) is 0 Å². The number of aromatic nitrogens is 1. The minimum absolute atomic E-state index is 0.361. The molecule has 0 spiro atoms. The maximum Gasteiger partial charge on any atom is 0.122 e. The molecule has 1 aliphatic rings. The van der Waals surface area contributed by atoms with Crippen molar-refractivity contribution in [3.63, 3.8) is 0 Å². The fraction of sp³-hybridized carbons (Fsp3) is 0.417. The van der Waals surface area contributed by atoms with Gasteiger partial charge in [0.25, 0.3) is 0 Å². The Balaban J connectivity index is 1.35. The van der Waals surface area contributed by atoms with Gasteiger partial charge in [-0.05, 0) is 80.4 Å². The van der Waals surface area contributed by atoms with Crippen LogP contribution < -0.4 is 4.74 Å². The van der Waals surface area contributed by atoms with E-state index in [1.54, 1.807) is 0 Å². The van der Waals surface area contributed by atoms with Gasteiger partial charge in [0, 0.05) is 24.8 Å². The molecule has 0 radical (unpaired) electrons. The number of H-pyrrole nitrogens is 1. The summed E-state index contributed by atoms with van der Waals surface area (Å²) in [4.78, 5) is 5.69. The molecule has 4 heteroatoms. The molecule has 0 amide bonds. The van der Waals surface area contributed by atoms with Crippen LogP contribution in [0.2, 0.25) is 0 Å². The zero-order valence-corrected chi connectivity index (χ0v) is 16.9. The predicted molar refractivity (Wildman–Crippen MR) is 114 cm³/mol. The lowest BCUT2D eigenvalue weighted by molar-refractivity contribution is -0.0170. The Morgan fingerprint density at radius 2 is 1.96 bits per heavy atom. The summed E-state index contributed by atoms with van der Waals surface area (Å²) in [5.41, 5.74) is 4.10. The van der Waals surface area contributed by atoms with Gasteiger partial charge >= 0.3 is 0 Å². The number of likely N-dealkylation sites (tertiary alicyclic amines) is 1.